The Morgan fingerprint density at radius 2 is 1.92 bits per heavy atom. The van der Waals surface area contributed by atoms with E-state index in [0.29, 0.717) is 22.8 Å². The van der Waals surface area contributed by atoms with Crippen molar-refractivity contribution in [2.24, 2.45) is 0 Å². The SMILES string of the molecule is COc1ccc(CN(CC(=O)Nc2cc(C)on2)S(C)(=O)=O)cc1OC. The maximum atomic E-state index is 12.1. The molecule has 0 atom stereocenters. The van der Waals surface area contributed by atoms with Crippen molar-refractivity contribution in [1.82, 2.24) is 9.46 Å². The molecule has 142 valence electrons. The molecule has 0 spiro atoms. The molecule has 1 heterocycles. The van der Waals surface area contributed by atoms with Crippen molar-refractivity contribution in [2.45, 2.75) is 13.5 Å². The predicted octanol–water partition coefficient (Wildman–Crippen LogP) is 1.40. The van der Waals surface area contributed by atoms with Crippen LogP contribution in [0.15, 0.2) is 28.8 Å². The van der Waals surface area contributed by atoms with Crippen molar-refractivity contribution < 1.29 is 27.2 Å². The number of sulfonamides is 1. The van der Waals surface area contributed by atoms with E-state index >= 15 is 0 Å². The van der Waals surface area contributed by atoms with Gasteiger partial charge < -0.3 is 19.3 Å². The molecular formula is C16H21N3O6S. The predicted molar refractivity (Wildman–Crippen MR) is 94.7 cm³/mol. The van der Waals surface area contributed by atoms with Crippen LogP contribution in [0.1, 0.15) is 11.3 Å². The fraction of sp³-hybridized carbons (Fsp3) is 0.375. The Morgan fingerprint density at radius 1 is 1.23 bits per heavy atom. The van der Waals surface area contributed by atoms with Gasteiger partial charge in [-0.15, -0.1) is 0 Å². The van der Waals surface area contributed by atoms with E-state index in [0.717, 1.165) is 10.6 Å². The lowest BCUT2D eigenvalue weighted by Crippen LogP contribution is -2.36. The molecule has 26 heavy (non-hydrogen) atoms. The number of amides is 1. The molecule has 1 aromatic carbocycles. The Labute approximate surface area is 151 Å². The highest BCUT2D eigenvalue weighted by atomic mass is 32.2. The fourth-order valence-electron chi connectivity index (χ4n) is 2.24. The van der Waals surface area contributed by atoms with Gasteiger partial charge in [0.25, 0.3) is 0 Å². The molecular weight excluding hydrogens is 362 g/mol. The number of benzene rings is 1. The number of nitrogens with one attached hydrogen (secondary N) is 1. The highest BCUT2D eigenvalue weighted by Crippen LogP contribution is 2.28. The third-order valence-electron chi connectivity index (χ3n) is 3.49. The molecule has 2 rings (SSSR count). The Kier molecular flexibility index (Phi) is 6.22. The number of hydrogen-bond acceptors (Lipinski definition) is 7. The van der Waals surface area contributed by atoms with Gasteiger partial charge in [0, 0.05) is 12.6 Å². The summed E-state index contributed by atoms with van der Waals surface area (Å²) in [5, 5.41) is 6.14. The van der Waals surface area contributed by atoms with Gasteiger partial charge in [-0.25, -0.2) is 8.42 Å². The summed E-state index contributed by atoms with van der Waals surface area (Å²) in [4.78, 5) is 12.1. The second kappa shape index (κ2) is 8.19. The van der Waals surface area contributed by atoms with E-state index in [1.54, 1.807) is 25.1 Å². The minimum Gasteiger partial charge on any atom is -0.493 e. The van der Waals surface area contributed by atoms with Gasteiger partial charge in [-0.3, -0.25) is 4.79 Å². The molecule has 0 saturated heterocycles. The molecule has 0 saturated carbocycles. The lowest BCUT2D eigenvalue weighted by atomic mass is 10.2. The summed E-state index contributed by atoms with van der Waals surface area (Å²) in [5.41, 5.74) is 0.651. The molecule has 0 aliphatic rings. The molecule has 0 bridgehead atoms. The molecule has 2 aromatic rings. The number of hydrogen-bond donors (Lipinski definition) is 1. The summed E-state index contributed by atoms with van der Waals surface area (Å²) in [6, 6.07) is 6.58. The molecule has 0 unspecified atom stereocenters. The average Bonchev–Trinajstić information content (AvgIpc) is 2.98. The summed E-state index contributed by atoms with van der Waals surface area (Å²) in [6.07, 6.45) is 1.04. The smallest absolute Gasteiger partial charge is 0.240 e. The number of ether oxygens (including phenoxy) is 2. The lowest BCUT2D eigenvalue weighted by molar-refractivity contribution is -0.116. The van der Waals surface area contributed by atoms with Gasteiger partial charge >= 0.3 is 0 Å². The second-order valence-electron chi connectivity index (χ2n) is 5.59. The third kappa shape index (κ3) is 5.20. The topological polar surface area (TPSA) is 111 Å². The van der Waals surface area contributed by atoms with Crippen LogP contribution in [0.2, 0.25) is 0 Å². The summed E-state index contributed by atoms with van der Waals surface area (Å²) in [6.45, 7) is 1.33. The maximum absolute atomic E-state index is 12.1. The van der Waals surface area contributed by atoms with Crippen LogP contribution in [0.5, 0.6) is 11.5 Å². The molecule has 1 amide bonds. The van der Waals surface area contributed by atoms with Gasteiger partial charge in [0.2, 0.25) is 15.9 Å². The zero-order chi connectivity index (χ0) is 19.3. The number of carbonyl (C=O) groups excluding carboxylic acids is 1. The second-order valence-corrected chi connectivity index (χ2v) is 7.57. The molecule has 10 heteroatoms. The number of anilines is 1. The van der Waals surface area contributed by atoms with E-state index in [9.17, 15) is 13.2 Å². The van der Waals surface area contributed by atoms with Crippen molar-refractivity contribution >= 4 is 21.7 Å². The van der Waals surface area contributed by atoms with Gasteiger partial charge in [-0.2, -0.15) is 4.31 Å². The van der Waals surface area contributed by atoms with E-state index in [4.69, 9.17) is 14.0 Å². The number of nitrogens with zero attached hydrogens (tertiary/aromatic N) is 2. The van der Waals surface area contributed by atoms with Crippen molar-refractivity contribution in [3.05, 3.63) is 35.6 Å². The van der Waals surface area contributed by atoms with Gasteiger partial charge in [-0.1, -0.05) is 11.2 Å². The first kappa shape index (κ1) is 19.7. The van der Waals surface area contributed by atoms with Crippen LogP contribution >= 0.6 is 0 Å². The van der Waals surface area contributed by atoms with E-state index in [1.807, 2.05) is 0 Å². The normalized spacial score (nSPS) is 11.4. The van der Waals surface area contributed by atoms with E-state index in [1.165, 1.54) is 20.3 Å². The summed E-state index contributed by atoms with van der Waals surface area (Å²) >= 11 is 0. The third-order valence-corrected chi connectivity index (χ3v) is 4.69. The highest BCUT2D eigenvalue weighted by molar-refractivity contribution is 7.88. The Hall–Kier alpha value is -2.59. The molecule has 1 aromatic heterocycles. The van der Waals surface area contributed by atoms with Crippen LogP contribution in [0.4, 0.5) is 5.82 Å². The van der Waals surface area contributed by atoms with Crippen molar-refractivity contribution in [3.63, 3.8) is 0 Å². The standard InChI is InChI=1S/C16H21N3O6S/c1-11-7-15(18-25-11)17-16(20)10-19(26(4,21)22)9-12-5-6-13(23-2)14(8-12)24-3/h5-8H,9-10H2,1-4H3,(H,17,18,20). The van der Waals surface area contributed by atoms with Crippen molar-refractivity contribution in [3.8, 4) is 11.5 Å². The number of carbonyl (C=O) groups is 1. The maximum Gasteiger partial charge on any atom is 0.240 e. The quantitative estimate of drug-likeness (QED) is 0.733. The minimum atomic E-state index is -3.62. The van der Waals surface area contributed by atoms with E-state index in [2.05, 4.69) is 10.5 Å². The monoisotopic (exact) mass is 383 g/mol. The van der Waals surface area contributed by atoms with Crippen LogP contribution in [0, 0.1) is 6.92 Å². The Bertz CT molecular complexity index is 878. The van der Waals surface area contributed by atoms with Gasteiger partial charge in [-0.05, 0) is 24.6 Å². The molecule has 0 fully saturated rings. The van der Waals surface area contributed by atoms with Crippen molar-refractivity contribution in [2.75, 3.05) is 32.3 Å². The zero-order valence-electron chi connectivity index (χ0n) is 15.0. The van der Waals surface area contributed by atoms with E-state index < -0.39 is 15.9 Å². The number of aromatic nitrogens is 1. The van der Waals surface area contributed by atoms with Crippen LogP contribution in [-0.4, -0.2) is 50.8 Å². The molecule has 0 aliphatic carbocycles. The van der Waals surface area contributed by atoms with E-state index in [-0.39, 0.29) is 18.9 Å². The summed E-state index contributed by atoms with van der Waals surface area (Å²) in [5.74, 6) is 1.24. The largest absolute Gasteiger partial charge is 0.493 e. The average molecular weight is 383 g/mol. The Morgan fingerprint density at radius 3 is 2.46 bits per heavy atom. The van der Waals surface area contributed by atoms with Gasteiger partial charge in [0.15, 0.2) is 17.3 Å². The van der Waals surface area contributed by atoms with Gasteiger partial charge in [0.05, 0.1) is 27.0 Å². The number of rotatable bonds is 8. The summed E-state index contributed by atoms with van der Waals surface area (Å²) < 4.78 is 40.4. The molecule has 9 nitrogen and oxygen atoms in total. The van der Waals surface area contributed by atoms with Crippen LogP contribution in [-0.2, 0) is 21.4 Å². The molecule has 0 aliphatic heterocycles. The first-order valence-electron chi connectivity index (χ1n) is 7.62. The zero-order valence-corrected chi connectivity index (χ0v) is 15.8. The molecule has 1 N–H and O–H groups in total. The lowest BCUT2D eigenvalue weighted by Gasteiger charge is -2.20. The van der Waals surface area contributed by atoms with Crippen LogP contribution in [0.25, 0.3) is 0 Å². The van der Waals surface area contributed by atoms with Crippen molar-refractivity contribution in [1.29, 1.82) is 0 Å². The van der Waals surface area contributed by atoms with Gasteiger partial charge in [0.1, 0.15) is 5.76 Å². The first-order chi connectivity index (χ1) is 12.2. The summed E-state index contributed by atoms with van der Waals surface area (Å²) in [7, 11) is -0.624. The van der Waals surface area contributed by atoms with Crippen LogP contribution < -0.4 is 14.8 Å². The fourth-order valence-corrected chi connectivity index (χ4v) is 2.98. The van der Waals surface area contributed by atoms with Crippen LogP contribution in [0.3, 0.4) is 0 Å². The minimum absolute atomic E-state index is 0.00442. The highest BCUT2D eigenvalue weighted by Gasteiger charge is 2.22. The first-order valence-corrected chi connectivity index (χ1v) is 9.47. The molecule has 0 radical (unpaired) electrons. The number of aryl methyl sites for hydroxylation is 1. The Balaban J connectivity index is 2.14. The number of methoxy groups -OCH3 is 2.